The van der Waals surface area contributed by atoms with Crippen molar-refractivity contribution >= 4 is 16.8 Å². The molecular formula is C21H24N4O2. The van der Waals surface area contributed by atoms with Crippen molar-refractivity contribution in [2.24, 2.45) is 0 Å². The summed E-state index contributed by atoms with van der Waals surface area (Å²) in [5.41, 5.74) is 3.41. The quantitative estimate of drug-likeness (QED) is 0.750. The lowest BCUT2D eigenvalue weighted by Crippen LogP contribution is -2.49. The van der Waals surface area contributed by atoms with Crippen LogP contribution >= 0.6 is 0 Å². The average Bonchev–Trinajstić information content (AvgIpc) is 3.07. The average molecular weight is 364 g/mol. The maximum absolute atomic E-state index is 12.8. The number of aryl methyl sites for hydroxylation is 2. The van der Waals surface area contributed by atoms with Crippen LogP contribution in [0, 0.1) is 6.92 Å². The first-order valence-electron chi connectivity index (χ1n) is 9.42. The molecule has 0 bridgehead atoms. The second kappa shape index (κ2) is 6.37. The van der Waals surface area contributed by atoms with Gasteiger partial charge in [-0.05, 0) is 57.4 Å². The Morgan fingerprint density at radius 2 is 2.07 bits per heavy atom. The molecule has 2 N–H and O–H groups in total. The summed E-state index contributed by atoms with van der Waals surface area (Å²) in [5, 5.41) is 8.42. The SMILES string of the molecule is CCn1ncc2c(C)cc(-c3ccc(C4(C)CCCNC4=O)c(=O)[nH]3)cc21. The number of H-pyrrole nitrogens is 1. The molecule has 2 aromatic heterocycles. The third-order valence-corrected chi connectivity index (χ3v) is 5.72. The first-order chi connectivity index (χ1) is 12.9. The smallest absolute Gasteiger partial charge is 0.252 e. The molecule has 1 unspecified atom stereocenters. The van der Waals surface area contributed by atoms with Crippen molar-refractivity contribution in [3.8, 4) is 11.3 Å². The lowest BCUT2D eigenvalue weighted by Gasteiger charge is -2.32. The standard InChI is InChI=1S/C21H24N4O2/c1-4-25-18-11-14(10-13(2)15(18)12-23-25)17-7-6-16(19(26)24-17)21(3)8-5-9-22-20(21)27/h6-7,10-12H,4-5,8-9H2,1-3H3,(H,22,27)(H,24,26). The zero-order chi connectivity index (χ0) is 19.2. The highest BCUT2D eigenvalue weighted by atomic mass is 16.2. The van der Waals surface area contributed by atoms with Crippen molar-refractivity contribution < 1.29 is 4.79 Å². The third kappa shape index (κ3) is 2.76. The van der Waals surface area contributed by atoms with Crippen LogP contribution in [0.5, 0.6) is 0 Å². The van der Waals surface area contributed by atoms with Gasteiger partial charge in [0.2, 0.25) is 5.91 Å². The van der Waals surface area contributed by atoms with Crippen LogP contribution in [0.15, 0.2) is 35.3 Å². The number of piperidine rings is 1. The molecule has 3 aromatic rings. The molecule has 27 heavy (non-hydrogen) atoms. The molecule has 3 heterocycles. The van der Waals surface area contributed by atoms with E-state index in [4.69, 9.17) is 0 Å². The van der Waals surface area contributed by atoms with E-state index in [1.54, 1.807) is 6.07 Å². The Labute approximate surface area is 157 Å². The van der Waals surface area contributed by atoms with Crippen molar-refractivity contribution in [2.45, 2.75) is 45.6 Å². The van der Waals surface area contributed by atoms with Crippen molar-refractivity contribution in [1.29, 1.82) is 0 Å². The number of nitrogens with one attached hydrogen (secondary N) is 2. The molecule has 1 saturated heterocycles. The Hall–Kier alpha value is -2.89. The monoisotopic (exact) mass is 364 g/mol. The summed E-state index contributed by atoms with van der Waals surface area (Å²) in [4.78, 5) is 28.2. The summed E-state index contributed by atoms with van der Waals surface area (Å²) in [5.74, 6) is -0.0730. The van der Waals surface area contributed by atoms with Gasteiger partial charge in [-0.3, -0.25) is 14.3 Å². The van der Waals surface area contributed by atoms with E-state index in [0.29, 0.717) is 18.5 Å². The number of pyridine rings is 1. The summed E-state index contributed by atoms with van der Waals surface area (Å²) in [6, 6.07) is 7.82. The van der Waals surface area contributed by atoms with E-state index < -0.39 is 5.41 Å². The Kier molecular flexibility index (Phi) is 4.13. The minimum atomic E-state index is -0.773. The topological polar surface area (TPSA) is 79.8 Å². The molecule has 4 rings (SSSR count). The number of carbonyl (C=O) groups excluding carboxylic acids is 1. The van der Waals surface area contributed by atoms with Gasteiger partial charge in [0, 0.05) is 35.3 Å². The van der Waals surface area contributed by atoms with E-state index >= 15 is 0 Å². The lowest BCUT2D eigenvalue weighted by atomic mass is 9.76. The van der Waals surface area contributed by atoms with Gasteiger partial charge in [0.25, 0.3) is 5.56 Å². The molecule has 6 nitrogen and oxygen atoms in total. The zero-order valence-electron chi connectivity index (χ0n) is 15.9. The second-order valence-electron chi connectivity index (χ2n) is 7.49. The highest BCUT2D eigenvalue weighted by molar-refractivity contribution is 5.89. The molecule has 1 amide bonds. The summed E-state index contributed by atoms with van der Waals surface area (Å²) in [6.45, 7) is 7.42. The van der Waals surface area contributed by atoms with E-state index in [2.05, 4.69) is 34.5 Å². The van der Waals surface area contributed by atoms with E-state index in [1.165, 1.54) is 0 Å². The molecular weight excluding hydrogens is 340 g/mol. The van der Waals surface area contributed by atoms with Crippen molar-refractivity contribution in [2.75, 3.05) is 6.54 Å². The first kappa shape index (κ1) is 17.5. The summed E-state index contributed by atoms with van der Waals surface area (Å²) in [7, 11) is 0. The van der Waals surface area contributed by atoms with E-state index in [9.17, 15) is 9.59 Å². The van der Waals surface area contributed by atoms with Gasteiger partial charge >= 0.3 is 0 Å². The predicted octanol–water partition coefficient (Wildman–Crippen LogP) is 2.89. The number of amides is 1. The molecule has 1 atom stereocenters. The lowest BCUT2D eigenvalue weighted by molar-refractivity contribution is -0.128. The zero-order valence-corrected chi connectivity index (χ0v) is 15.9. The van der Waals surface area contributed by atoms with Crippen LogP contribution in [0.25, 0.3) is 22.2 Å². The number of rotatable bonds is 3. The molecule has 1 aliphatic rings. The molecule has 0 aliphatic carbocycles. The van der Waals surface area contributed by atoms with Crippen LogP contribution in [0.1, 0.15) is 37.8 Å². The van der Waals surface area contributed by atoms with Gasteiger partial charge in [-0.1, -0.05) is 6.07 Å². The normalized spacial score (nSPS) is 20.0. The van der Waals surface area contributed by atoms with Crippen LogP contribution in [0.3, 0.4) is 0 Å². The number of nitrogens with zero attached hydrogens (tertiary/aromatic N) is 2. The van der Waals surface area contributed by atoms with E-state index in [0.717, 1.165) is 40.7 Å². The molecule has 6 heteroatoms. The van der Waals surface area contributed by atoms with Gasteiger partial charge < -0.3 is 10.3 Å². The van der Waals surface area contributed by atoms with Crippen LogP contribution in [-0.4, -0.2) is 27.2 Å². The Morgan fingerprint density at radius 3 is 2.78 bits per heavy atom. The Balaban J connectivity index is 1.80. The van der Waals surface area contributed by atoms with Crippen molar-refractivity contribution in [1.82, 2.24) is 20.1 Å². The van der Waals surface area contributed by atoms with Crippen LogP contribution in [0.2, 0.25) is 0 Å². The number of aromatic nitrogens is 3. The second-order valence-corrected chi connectivity index (χ2v) is 7.49. The summed E-state index contributed by atoms with van der Waals surface area (Å²) < 4.78 is 1.95. The van der Waals surface area contributed by atoms with Crippen LogP contribution in [-0.2, 0) is 16.8 Å². The minimum Gasteiger partial charge on any atom is -0.355 e. The number of hydrogen-bond acceptors (Lipinski definition) is 3. The number of aromatic amines is 1. The third-order valence-electron chi connectivity index (χ3n) is 5.72. The molecule has 0 saturated carbocycles. The Bertz CT molecular complexity index is 1100. The highest BCUT2D eigenvalue weighted by Gasteiger charge is 2.39. The fourth-order valence-electron chi connectivity index (χ4n) is 4.04. The van der Waals surface area contributed by atoms with Gasteiger partial charge in [0.05, 0.1) is 17.1 Å². The molecule has 0 spiro atoms. The van der Waals surface area contributed by atoms with E-state index in [1.807, 2.05) is 30.8 Å². The molecule has 1 aromatic carbocycles. The molecule has 140 valence electrons. The van der Waals surface area contributed by atoms with Gasteiger partial charge in [-0.2, -0.15) is 5.10 Å². The minimum absolute atomic E-state index is 0.0730. The number of carbonyl (C=O) groups is 1. The molecule has 1 aliphatic heterocycles. The van der Waals surface area contributed by atoms with Gasteiger partial charge in [0.1, 0.15) is 0 Å². The van der Waals surface area contributed by atoms with E-state index in [-0.39, 0.29) is 11.5 Å². The van der Waals surface area contributed by atoms with Crippen LogP contribution in [0.4, 0.5) is 0 Å². The maximum atomic E-state index is 12.8. The number of hydrogen-bond donors (Lipinski definition) is 2. The van der Waals surface area contributed by atoms with Crippen LogP contribution < -0.4 is 10.9 Å². The summed E-state index contributed by atoms with van der Waals surface area (Å²) >= 11 is 0. The Morgan fingerprint density at radius 1 is 1.26 bits per heavy atom. The first-order valence-corrected chi connectivity index (χ1v) is 9.42. The highest BCUT2D eigenvalue weighted by Crippen LogP contribution is 2.31. The summed E-state index contributed by atoms with van der Waals surface area (Å²) in [6.07, 6.45) is 3.44. The number of fused-ring (bicyclic) bond motifs is 1. The predicted molar refractivity (Wildman–Crippen MR) is 106 cm³/mol. The fraction of sp³-hybridized carbons (Fsp3) is 0.381. The van der Waals surface area contributed by atoms with Gasteiger partial charge in [-0.15, -0.1) is 0 Å². The van der Waals surface area contributed by atoms with Crippen molar-refractivity contribution in [3.63, 3.8) is 0 Å². The van der Waals surface area contributed by atoms with Gasteiger partial charge in [-0.25, -0.2) is 0 Å². The fourth-order valence-corrected chi connectivity index (χ4v) is 4.04. The molecule has 1 fully saturated rings. The van der Waals surface area contributed by atoms with Gasteiger partial charge in [0.15, 0.2) is 0 Å². The van der Waals surface area contributed by atoms with Crippen molar-refractivity contribution in [3.05, 3.63) is 51.9 Å². The largest absolute Gasteiger partial charge is 0.355 e. The maximum Gasteiger partial charge on any atom is 0.252 e. The molecule has 0 radical (unpaired) electrons. The number of benzene rings is 1.